The van der Waals surface area contributed by atoms with Crippen LogP contribution < -0.4 is 14.4 Å². The number of hydrogen-bond acceptors (Lipinski definition) is 8. The van der Waals surface area contributed by atoms with Crippen LogP contribution in [-0.2, 0) is 21.4 Å². The number of aryl methyl sites for hydroxylation is 1. The van der Waals surface area contributed by atoms with Crippen molar-refractivity contribution in [2.45, 2.75) is 75.1 Å². The highest BCUT2D eigenvalue weighted by Gasteiger charge is 2.44. The summed E-state index contributed by atoms with van der Waals surface area (Å²) in [6.07, 6.45) is 10.3. The van der Waals surface area contributed by atoms with E-state index in [0.717, 1.165) is 107 Å². The number of rotatable bonds is 4. The number of ether oxygens (including phenoxy) is 2. The fourth-order valence-corrected chi connectivity index (χ4v) is 9.60. The molecule has 1 aliphatic carbocycles. The van der Waals surface area contributed by atoms with Crippen molar-refractivity contribution >= 4 is 41.1 Å². The zero-order valence-electron chi connectivity index (χ0n) is 30.4. The molecule has 5 atom stereocenters. The Labute approximate surface area is 313 Å². The van der Waals surface area contributed by atoms with Crippen molar-refractivity contribution in [3.63, 3.8) is 0 Å². The van der Waals surface area contributed by atoms with Crippen LogP contribution in [0.25, 0.3) is 0 Å². The summed E-state index contributed by atoms with van der Waals surface area (Å²) in [5, 5.41) is 0.961. The second-order valence-electron chi connectivity index (χ2n) is 15.4. The molecule has 1 N–H and O–H groups in total. The summed E-state index contributed by atoms with van der Waals surface area (Å²) < 4.78 is 15.4. The number of amides is 2. The monoisotopic (exact) mass is 735 g/mol. The molecule has 2 amide bonds. The number of morpholine rings is 1. The number of likely N-dealkylation sites (N-methyl/N-ethyl adjacent to an activating group) is 1. The van der Waals surface area contributed by atoms with Crippen molar-refractivity contribution in [3.05, 3.63) is 70.3 Å². The van der Waals surface area contributed by atoms with Crippen molar-refractivity contribution in [2.75, 3.05) is 77.6 Å². The molecule has 0 unspecified atom stereocenters. The number of nitrogens with zero attached hydrogens (tertiary/aromatic N) is 4. The predicted octanol–water partition coefficient (Wildman–Crippen LogP) is 5.80. The quantitative estimate of drug-likeness (QED) is 0.312. The van der Waals surface area contributed by atoms with Crippen LogP contribution in [-0.4, -0.2) is 117 Å². The van der Waals surface area contributed by atoms with E-state index in [4.69, 9.17) is 21.1 Å². The Hall–Kier alpha value is -2.76. The van der Waals surface area contributed by atoms with Gasteiger partial charge in [0.25, 0.3) is 5.91 Å². The minimum Gasteiger partial charge on any atom is -0.490 e. The summed E-state index contributed by atoms with van der Waals surface area (Å²) in [7, 11) is 1.96. The molecule has 1 spiro atoms. The van der Waals surface area contributed by atoms with Gasteiger partial charge in [-0.3, -0.25) is 24.1 Å². The molecule has 0 radical (unpaired) electrons. The number of fused-ring (bicyclic) bond motifs is 4. The van der Waals surface area contributed by atoms with Crippen molar-refractivity contribution in [2.24, 2.45) is 5.92 Å². The molecule has 9 nitrogen and oxygen atoms in total. The van der Waals surface area contributed by atoms with Crippen molar-refractivity contribution in [1.29, 1.82) is 0 Å². The smallest absolute Gasteiger partial charge is 0.261 e. The molecule has 5 aliphatic rings. The third kappa shape index (κ3) is 8.10. The molecule has 4 heterocycles. The number of nitrogens with one attached hydrogen (secondary N) is 1. The molecule has 7 rings (SSSR count). The largest absolute Gasteiger partial charge is 0.490 e. The van der Waals surface area contributed by atoms with Gasteiger partial charge in [-0.25, -0.2) is 0 Å². The number of carbonyl (C=O) groups is 2. The molecule has 0 saturated carbocycles. The molecular weight excluding hydrogens is 682 g/mol. The Morgan fingerprint density at radius 2 is 1.96 bits per heavy atom. The van der Waals surface area contributed by atoms with E-state index in [9.17, 15) is 9.59 Å². The number of carbonyl (C=O) groups excluding carboxylic acids is 2. The number of halogens is 1. The van der Waals surface area contributed by atoms with Crippen LogP contribution in [0.2, 0.25) is 5.02 Å². The van der Waals surface area contributed by atoms with Crippen LogP contribution in [0.4, 0.5) is 5.69 Å². The van der Waals surface area contributed by atoms with Crippen LogP contribution >= 0.6 is 23.5 Å². The van der Waals surface area contributed by atoms with E-state index in [1.165, 1.54) is 23.1 Å². The molecule has 4 aliphatic heterocycles. The molecule has 51 heavy (non-hydrogen) atoms. The van der Waals surface area contributed by atoms with Gasteiger partial charge < -0.3 is 19.3 Å². The van der Waals surface area contributed by atoms with E-state index in [0.29, 0.717) is 24.6 Å². The van der Waals surface area contributed by atoms with Crippen LogP contribution in [0.1, 0.15) is 67.4 Å². The van der Waals surface area contributed by atoms with Gasteiger partial charge >= 0.3 is 0 Å². The second-order valence-corrected chi connectivity index (χ2v) is 17.0. The second kappa shape index (κ2) is 16.1. The van der Waals surface area contributed by atoms with Crippen LogP contribution in [0.3, 0.4) is 0 Å². The average molecular weight is 736 g/mol. The van der Waals surface area contributed by atoms with Gasteiger partial charge in [0.15, 0.2) is 0 Å². The topological polar surface area (TPSA) is 77.6 Å². The van der Waals surface area contributed by atoms with Crippen LogP contribution in [0.5, 0.6) is 5.75 Å². The van der Waals surface area contributed by atoms with E-state index in [1.807, 2.05) is 36.2 Å². The first-order valence-corrected chi connectivity index (χ1v) is 20.2. The Morgan fingerprint density at radius 1 is 1.12 bits per heavy atom. The first-order chi connectivity index (χ1) is 24.7. The maximum Gasteiger partial charge on any atom is 0.261 e. The molecular formula is C40H54ClN5O4S. The summed E-state index contributed by atoms with van der Waals surface area (Å²) in [6.45, 7) is 12.2. The highest BCUT2D eigenvalue weighted by atomic mass is 35.5. The molecule has 2 aromatic rings. The summed E-state index contributed by atoms with van der Waals surface area (Å²) in [5.74, 6) is 1.19. The van der Waals surface area contributed by atoms with Crippen LogP contribution in [0.15, 0.2) is 48.6 Å². The first-order valence-electron chi connectivity index (χ1n) is 18.9. The Kier molecular flexibility index (Phi) is 11.5. The molecule has 0 aromatic heterocycles. The summed E-state index contributed by atoms with van der Waals surface area (Å²) in [5.41, 5.74) is 3.98. The van der Waals surface area contributed by atoms with Gasteiger partial charge in [0.2, 0.25) is 5.91 Å². The maximum atomic E-state index is 14.5. The average Bonchev–Trinajstić information content (AvgIpc) is 3.54. The van der Waals surface area contributed by atoms with E-state index in [-0.39, 0.29) is 34.6 Å². The zero-order valence-corrected chi connectivity index (χ0v) is 32.0. The lowest BCUT2D eigenvalue weighted by Gasteiger charge is -2.42. The number of hydrogen-bond donors (Lipinski definition) is 1. The normalized spacial score (nSPS) is 29.7. The highest BCUT2D eigenvalue weighted by molar-refractivity contribution is 7.98. The van der Waals surface area contributed by atoms with Gasteiger partial charge in [-0.15, -0.1) is 0 Å². The Balaban J connectivity index is 1.23. The standard InChI is InChI=1S/C40H54ClN5O4S/c1-28-7-4-10-35(39(48)43(3)17-18-44-19-21-49-22-20-44)46-16-6-9-33(46)25-45-26-40(15-5-8-30-23-32(41)12-13-34(30)40)27-50-37-14-11-31(24-36(37)45)38(47)42-51-29(28)2/h4,10-14,23-24,28-29,33,35H,5-9,15-22,25-27H2,1-3H3,(H,42,47)/b10-4+/t28-,29+,33-,35+,40-/m0/s1. The third-order valence-electron chi connectivity index (χ3n) is 12.0. The SMILES string of the molecule is C[C@H]1C/C=C/[C@H](C(=O)N(C)CCN2CCOCC2)N2CCC[C@H]2CN2C[C@@]3(CCCc4cc(Cl)ccc43)COc3ccc(cc32)C(=O)NS[C@@H]1C. The fourth-order valence-electron chi connectivity index (χ4n) is 8.65. The van der Waals surface area contributed by atoms with Gasteiger partial charge in [-0.05, 0) is 104 Å². The molecule has 2 saturated heterocycles. The summed E-state index contributed by atoms with van der Waals surface area (Å²) in [4.78, 5) is 37.3. The van der Waals surface area contributed by atoms with E-state index >= 15 is 0 Å². The lowest BCUT2D eigenvalue weighted by Crippen LogP contribution is -2.54. The highest BCUT2D eigenvalue weighted by Crippen LogP contribution is 2.45. The maximum absolute atomic E-state index is 14.5. The number of anilines is 1. The van der Waals surface area contributed by atoms with Gasteiger partial charge in [-0.2, -0.15) is 0 Å². The molecule has 2 aromatic carbocycles. The predicted molar refractivity (Wildman–Crippen MR) is 206 cm³/mol. The molecule has 2 bridgehead atoms. The summed E-state index contributed by atoms with van der Waals surface area (Å²) in [6, 6.07) is 12.1. The van der Waals surface area contributed by atoms with Crippen molar-refractivity contribution in [3.8, 4) is 5.75 Å². The fraction of sp³-hybridized carbons (Fsp3) is 0.600. The lowest BCUT2D eigenvalue weighted by atomic mass is 9.70. The van der Waals surface area contributed by atoms with Gasteiger partial charge in [-0.1, -0.05) is 43.7 Å². The van der Waals surface area contributed by atoms with Gasteiger partial charge in [0.1, 0.15) is 11.8 Å². The van der Waals surface area contributed by atoms with Gasteiger partial charge in [0.05, 0.1) is 25.5 Å². The summed E-state index contributed by atoms with van der Waals surface area (Å²) >= 11 is 7.98. The minimum atomic E-state index is -0.338. The molecule has 2 fully saturated rings. The van der Waals surface area contributed by atoms with E-state index in [2.05, 4.69) is 57.6 Å². The lowest BCUT2D eigenvalue weighted by molar-refractivity contribution is -0.134. The van der Waals surface area contributed by atoms with Crippen molar-refractivity contribution < 1.29 is 19.1 Å². The van der Waals surface area contributed by atoms with Crippen LogP contribution in [0, 0.1) is 5.92 Å². The van der Waals surface area contributed by atoms with Crippen molar-refractivity contribution in [1.82, 2.24) is 19.4 Å². The Morgan fingerprint density at radius 3 is 2.80 bits per heavy atom. The molecule has 11 heteroatoms. The number of allylic oxidation sites excluding steroid dienone is 1. The zero-order chi connectivity index (χ0) is 35.5. The van der Waals surface area contributed by atoms with E-state index < -0.39 is 0 Å². The third-order valence-corrected chi connectivity index (χ3v) is 13.3. The number of benzene rings is 2. The molecule has 276 valence electrons. The van der Waals surface area contributed by atoms with Gasteiger partial charge in [0, 0.05) is 73.6 Å². The first kappa shape index (κ1) is 36.6. The Bertz CT molecular complexity index is 1600. The van der Waals surface area contributed by atoms with E-state index in [1.54, 1.807) is 0 Å². The minimum absolute atomic E-state index is 0.0886.